The molecule has 6 heteroatoms. The van der Waals surface area contributed by atoms with Crippen molar-refractivity contribution in [3.63, 3.8) is 0 Å². The highest BCUT2D eigenvalue weighted by atomic mass is 79.9. The van der Waals surface area contributed by atoms with Crippen LogP contribution in [0.4, 0.5) is 0 Å². The summed E-state index contributed by atoms with van der Waals surface area (Å²) < 4.78 is 14.1. The van der Waals surface area contributed by atoms with Crippen molar-refractivity contribution >= 4 is 30.9 Å². The Kier molecular flexibility index (Phi) is 14.1. The van der Waals surface area contributed by atoms with Crippen LogP contribution in [0.2, 0.25) is 0 Å². The van der Waals surface area contributed by atoms with Crippen LogP contribution in [-0.4, -0.2) is 41.6 Å². The second-order valence-electron chi connectivity index (χ2n) is 5.45. The molecule has 0 heterocycles. The Morgan fingerprint density at radius 2 is 1.71 bits per heavy atom. The largest absolute Gasteiger partial charge is 0.425 e. The van der Waals surface area contributed by atoms with Crippen molar-refractivity contribution < 1.29 is 9.05 Å². The predicted octanol–water partition coefficient (Wildman–Crippen LogP) is 5.37. The molecule has 0 bridgehead atoms. The number of halogens is 1. The maximum absolute atomic E-state index is 6.02. The molecule has 0 radical (unpaired) electrons. The Hall–Kier alpha value is 0.300. The van der Waals surface area contributed by atoms with Gasteiger partial charge in [-0.3, -0.25) is 4.99 Å². The van der Waals surface area contributed by atoms with Crippen LogP contribution in [0.5, 0.6) is 0 Å². The summed E-state index contributed by atoms with van der Waals surface area (Å²) in [5.74, 6) is 0. The normalized spacial score (nSPS) is 13.8. The quantitative estimate of drug-likeness (QED) is 0.141. The lowest BCUT2D eigenvalue weighted by molar-refractivity contribution is 0.213. The average molecular weight is 383 g/mol. The molecular weight excluding hydrogens is 351 g/mol. The van der Waals surface area contributed by atoms with Crippen LogP contribution in [0.15, 0.2) is 4.99 Å². The smallest absolute Gasteiger partial charge is 0.322 e. The number of nitrogens with zero attached hydrogens (tertiary/aromatic N) is 2. The summed E-state index contributed by atoms with van der Waals surface area (Å²) in [5.41, 5.74) is 0. The molecule has 0 saturated heterocycles. The van der Waals surface area contributed by atoms with E-state index in [2.05, 4.69) is 53.3 Å². The summed E-state index contributed by atoms with van der Waals surface area (Å²) in [7, 11) is -1.06. The fraction of sp³-hybridized carbons (Fsp3) is 0.933. The zero-order valence-corrected chi connectivity index (χ0v) is 16.7. The van der Waals surface area contributed by atoms with Gasteiger partial charge in [0.25, 0.3) is 0 Å². The molecule has 1 atom stereocenters. The summed E-state index contributed by atoms with van der Waals surface area (Å²) >= 11 is 3.46. The van der Waals surface area contributed by atoms with E-state index in [4.69, 9.17) is 9.05 Å². The van der Waals surface area contributed by atoms with E-state index in [-0.39, 0.29) is 0 Å². The lowest BCUT2D eigenvalue weighted by Gasteiger charge is -2.34. The van der Waals surface area contributed by atoms with Gasteiger partial charge in [-0.1, -0.05) is 28.8 Å². The van der Waals surface area contributed by atoms with Crippen LogP contribution in [0.25, 0.3) is 0 Å². The Labute approximate surface area is 140 Å². The Bertz CT molecular complexity index is 258. The molecule has 0 aliphatic heterocycles. The number of alkyl halides is 1. The summed E-state index contributed by atoms with van der Waals surface area (Å²) in [6.45, 7) is 12.2. The topological polar surface area (TPSA) is 34.1 Å². The fourth-order valence-electron chi connectivity index (χ4n) is 1.97. The molecule has 0 fully saturated rings. The van der Waals surface area contributed by atoms with Gasteiger partial charge >= 0.3 is 8.53 Å². The van der Waals surface area contributed by atoms with E-state index in [1.54, 1.807) is 6.40 Å². The molecular formula is C15H32BrN2O2P. The number of unbranched alkanes of at least 4 members (excludes halogenated alkanes) is 3. The monoisotopic (exact) mass is 382 g/mol. The summed E-state index contributed by atoms with van der Waals surface area (Å²) in [6, 6.07) is 0.777. The summed E-state index contributed by atoms with van der Waals surface area (Å²) in [5, 5.41) is 1.09. The van der Waals surface area contributed by atoms with Crippen molar-refractivity contribution in [3.05, 3.63) is 0 Å². The van der Waals surface area contributed by atoms with E-state index in [0.29, 0.717) is 12.1 Å². The van der Waals surface area contributed by atoms with Crippen LogP contribution < -0.4 is 0 Å². The van der Waals surface area contributed by atoms with Crippen LogP contribution >= 0.6 is 24.5 Å². The van der Waals surface area contributed by atoms with Gasteiger partial charge in [0.05, 0.1) is 6.61 Å². The Morgan fingerprint density at radius 1 is 1.10 bits per heavy atom. The molecule has 1 unspecified atom stereocenters. The minimum atomic E-state index is -1.06. The number of hydrogen-bond donors (Lipinski definition) is 0. The van der Waals surface area contributed by atoms with Crippen LogP contribution in [0.3, 0.4) is 0 Å². The molecule has 0 N–H and O–H groups in total. The molecule has 0 saturated carbocycles. The predicted molar refractivity (Wildman–Crippen MR) is 97.4 cm³/mol. The Balaban J connectivity index is 4.33. The van der Waals surface area contributed by atoms with Crippen molar-refractivity contribution in [3.8, 4) is 0 Å². The third-order valence-electron chi connectivity index (χ3n) is 2.87. The third kappa shape index (κ3) is 10.6. The highest BCUT2D eigenvalue weighted by Gasteiger charge is 2.27. The lowest BCUT2D eigenvalue weighted by atomic mass is 10.2. The minimum absolute atomic E-state index is 0.388. The van der Waals surface area contributed by atoms with Gasteiger partial charge in [0.1, 0.15) is 0 Å². The zero-order chi connectivity index (χ0) is 16.1. The standard InChI is InChI=1S/C15H32BrN2O2P/c1-6-17-13-20-21(18(14(2)3)15(4)5)19-12-10-8-7-9-11-16/h13-15H,6-12H2,1-5H3. The van der Waals surface area contributed by atoms with Gasteiger partial charge < -0.3 is 9.05 Å². The fourth-order valence-corrected chi connectivity index (χ4v) is 3.85. The molecule has 0 amide bonds. The van der Waals surface area contributed by atoms with E-state index in [9.17, 15) is 0 Å². The molecule has 0 aromatic rings. The first-order valence-corrected chi connectivity index (χ1v) is 10.2. The Morgan fingerprint density at radius 3 is 2.24 bits per heavy atom. The first-order chi connectivity index (χ1) is 10.0. The molecule has 0 aromatic heterocycles. The van der Waals surface area contributed by atoms with Crippen molar-refractivity contribution in [2.45, 2.75) is 72.4 Å². The molecule has 0 rings (SSSR count). The summed E-state index contributed by atoms with van der Waals surface area (Å²) in [4.78, 5) is 4.14. The number of hydrogen-bond acceptors (Lipinski definition) is 4. The van der Waals surface area contributed by atoms with Gasteiger partial charge in [-0.2, -0.15) is 0 Å². The van der Waals surface area contributed by atoms with Crippen molar-refractivity contribution in [1.82, 2.24) is 4.67 Å². The van der Waals surface area contributed by atoms with Crippen LogP contribution in [-0.2, 0) is 9.05 Å². The van der Waals surface area contributed by atoms with Gasteiger partial charge in [0.15, 0.2) is 6.40 Å². The second-order valence-corrected chi connectivity index (χ2v) is 7.65. The van der Waals surface area contributed by atoms with Crippen molar-refractivity contribution in [2.24, 2.45) is 4.99 Å². The molecule has 126 valence electrons. The first-order valence-electron chi connectivity index (χ1n) is 7.96. The van der Waals surface area contributed by atoms with E-state index in [1.807, 2.05) is 6.92 Å². The molecule has 0 aliphatic carbocycles. The van der Waals surface area contributed by atoms with Gasteiger partial charge in [-0.15, -0.1) is 0 Å². The summed E-state index contributed by atoms with van der Waals surface area (Å²) in [6.07, 6.45) is 6.33. The van der Waals surface area contributed by atoms with E-state index >= 15 is 0 Å². The van der Waals surface area contributed by atoms with E-state index < -0.39 is 8.53 Å². The van der Waals surface area contributed by atoms with E-state index in [1.165, 1.54) is 19.3 Å². The van der Waals surface area contributed by atoms with Gasteiger partial charge in [-0.25, -0.2) is 4.67 Å². The van der Waals surface area contributed by atoms with Gasteiger partial charge in [0, 0.05) is 24.0 Å². The SMILES string of the molecule is CCN=COP(OCCCCCCBr)N(C(C)C)C(C)C. The highest BCUT2D eigenvalue weighted by molar-refractivity contribution is 9.09. The van der Waals surface area contributed by atoms with Gasteiger partial charge in [0.2, 0.25) is 0 Å². The van der Waals surface area contributed by atoms with Gasteiger partial charge in [-0.05, 0) is 47.5 Å². The number of aliphatic imine (C=N–C) groups is 1. The minimum Gasteiger partial charge on any atom is -0.425 e. The molecule has 21 heavy (non-hydrogen) atoms. The maximum Gasteiger partial charge on any atom is 0.322 e. The number of rotatable bonds is 13. The highest BCUT2D eigenvalue weighted by Crippen LogP contribution is 2.45. The van der Waals surface area contributed by atoms with E-state index in [0.717, 1.165) is 24.9 Å². The average Bonchev–Trinajstić information content (AvgIpc) is 2.41. The van der Waals surface area contributed by atoms with Crippen molar-refractivity contribution in [2.75, 3.05) is 18.5 Å². The third-order valence-corrected chi connectivity index (χ3v) is 5.41. The molecule has 0 aromatic carbocycles. The lowest BCUT2D eigenvalue weighted by Crippen LogP contribution is -2.33. The zero-order valence-electron chi connectivity index (χ0n) is 14.2. The van der Waals surface area contributed by atoms with Crippen LogP contribution in [0, 0.1) is 0 Å². The maximum atomic E-state index is 6.02. The molecule has 4 nitrogen and oxygen atoms in total. The first kappa shape index (κ1) is 21.3. The van der Waals surface area contributed by atoms with Crippen LogP contribution in [0.1, 0.15) is 60.3 Å². The van der Waals surface area contributed by atoms with Crippen molar-refractivity contribution in [1.29, 1.82) is 0 Å². The molecule has 0 aliphatic rings. The molecule has 0 spiro atoms. The second kappa shape index (κ2) is 13.9.